The molecular weight excluding hydrogens is 473 g/mol. The average Bonchev–Trinajstić information content (AvgIpc) is 2.91. The summed E-state index contributed by atoms with van der Waals surface area (Å²) < 4.78 is 24.0. The van der Waals surface area contributed by atoms with Crippen LogP contribution in [0.1, 0.15) is 41.8 Å². The molecule has 3 aromatic carbocycles. The second kappa shape index (κ2) is 13.1. The normalized spacial score (nSPS) is 13.7. The minimum Gasteiger partial charge on any atom is -0.460 e. The zero-order valence-corrected chi connectivity index (χ0v) is 21.7. The quantitative estimate of drug-likeness (QED) is 0.224. The summed E-state index contributed by atoms with van der Waals surface area (Å²) in [4.78, 5) is 25.7. The average molecular weight is 506 g/mol. The molecule has 0 aliphatic heterocycles. The Balaban J connectivity index is 1.75. The third-order valence-electron chi connectivity index (χ3n) is 5.97. The largest absolute Gasteiger partial charge is 0.460 e. The number of amides is 1. The molecule has 0 aliphatic rings. The lowest BCUT2D eigenvalue weighted by Gasteiger charge is -2.33. The Morgan fingerprint density at radius 3 is 2.06 bits per heavy atom. The van der Waals surface area contributed by atoms with E-state index in [-0.39, 0.29) is 33.3 Å². The van der Waals surface area contributed by atoms with E-state index < -0.39 is 17.2 Å². The second-order valence-corrected chi connectivity index (χ2v) is 10.0. The molecule has 0 radical (unpaired) electrons. The molecule has 3 aromatic rings. The third kappa shape index (κ3) is 7.33. The van der Waals surface area contributed by atoms with Gasteiger partial charge in [0, 0.05) is 24.8 Å². The molecule has 0 heterocycles. The Hall–Kier alpha value is -3.34. The summed E-state index contributed by atoms with van der Waals surface area (Å²) in [5.41, 5.74) is 2.90. The fraction of sp³-hybridized carbons (Fsp3) is 0.310. The molecule has 1 N–H and O–H groups in total. The number of nitrogens with one attached hydrogen (secondary N) is 1. The lowest BCUT2D eigenvalue weighted by atomic mass is 9.87. The van der Waals surface area contributed by atoms with Crippen LogP contribution >= 0.6 is 8.46 Å². The summed E-state index contributed by atoms with van der Waals surface area (Å²) in [5, 5.41) is 1.58. The fourth-order valence-electron chi connectivity index (χ4n) is 4.03. The summed E-state index contributed by atoms with van der Waals surface area (Å²) in [6, 6.07) is 25.6. The Morgan fingerprint density at radius 2 is 1.50 bits per heavy atom. The summed E-state index contributed by atoms with van der Waals surface area (Å²) >= 11 is 0. The van der Waals surface area contributed by atoms with Crippen LogP contribution < -0.4 is 5.32 Å². The zero-order chi connectivity index (χ0) is 26.0. The van der Waals surface area contributed by atoms with Crippen molar-refractivity contribution in [3.8, 4) is 0 Å². The molecule has 0 aromatic heterocycles. The second-order valence-electron chi connectivity index (χ2n) is 9.11. The van der Waals surface area contributed by atoms with Crippen LogP contribution in [0.4, 0.5) is 5.69 Å². The zero-order valence-electron chi connectivity index (χ0n) is 20.8. The lowest BCUT2D eigenvalue weighted by Crippen LogP contribution is -2.43. The topological polar surface area (TPSA) is 81.7 Å². The molecule has 0 aliphatic carbocycles. The molecule has 188 valence electrons. The highest BCUT2D eigenvalue weighted by Crippen LogP contribution is 2.40. The minimum atomic E-state index is -1.28. The number of benzene rings is 3. The first-order chi connectivity index (χ1) is 17.4. The van der Waals surface area contributed by atoms with Crippen LogP contribution in [0.15, 0.2) is 84.9 Å². The minimum absolute atomic E-state index is 0.139. The highest BCUT2D eigenvalue weighted by Gasteiger charge is 2.46. The van der Waals surface area contributed by atoms with Gasteiger partial charge in [0.2, 0.25) is 0 Å². The van der Waals surface area contributed by atoms with Crippen LogP contribution in [0.25, 0.3) is 0 Å². The number of hydrogen-bond acceptors (Lipinski definition) is 5. The Morgan fingerprint density at radius 1 is 0.889 bits per heavy atom. The molecule has 36 heavy (non-hydrogen) atoms. The number of methoxy groups -OCH3 is 1. The molecule has 0 bridgehead atoms. The van der Waals surface area contributed by atoms with E-state index in [0.717, 1.165) is 11.1 Å². The molecule has 0 spiro atoms. The van der Waals surface area contributed by atoms with Gasteiger partial charge in [-0.15, -0.1) is 0 Å². The van der Waals surface area contributed by atoms with E-state index >= 15 is 0 Å². The van der Waals surface area contributed by atoms with Gasteiger partial charge in [-0.2, -0.15) is 0 Å². The lowest BCUT2D eigenvalue weighted by molar-refractivity contribution is -0.158. The first-order valence-electron chi connectivity index (χ1n) is 11.9. The van der Waals surface area contributed by atoms with Gasteiger partial charge in [-0.3, -0.25) is 14.2 Å². The maximum Gasteiger partial charge on any atom is 0.313 e. The summed E-state index contributed by atoms with van der Waals surface area (Å²) in [5.74, 6) is -1.22. The first kappa shape index (κ1) is 27.3. The predicted octanol–water partition coefficient (Wildman–Crippen LogP) is 6.52. The molecule has 0 fully saturated rings. The summed E-state index contributed by atoms with van der Waals surface area (Å²) in [7, 11) is 1.17. The van der Waals surface area contributed by atoms with Gasteiger partial charge in [0.05, 0.1) is 5.92 Å². The standard InChI is InChI=1S/C29H32NO5P/c1-21(2)18-26(28(32)35-20-23-10-6-4-7-11-23)29(34-3,36-33)19-22-14-16-25(17-15-22)30-27(31)24-12-8-5-9-13-24/h4-17,21,26H,18-20H2,1-3H3,(H,30,31). The van der Waals surface area contributed by atoms with Gasteiger partial charge in [-0.25, -0.2) is 0 Å². The van der Waals surface area contributed by atoms with Gasteiger partial charge in [0.1, 0.15) is 6.61 Å². The van der Waals surface area contributed by atoms with Crippen molar-refractivity contribution in [2.24, 2.45) is 11.8 Å². The number of anilines is 1. The van der Waals surface area contributed by atoms with E-state index in [0.29, 0.717) is 17.7 Å². The van der Waals surface area contributed by atoms with Crippen molar-refractivity contribution in [3.05, 3.63) is 102 Å². The van der Waals surface area contributed by atoms with Crippen molar-refractivity contribution >= 4 is 26.0 Å². The molecule has 2 unspecified atom stereocenters. The Bertz CT molecular complexity index is 1140. The molecule has 0 saturated carbocycles. The van der Waals surface area contributed by atoms with Crippen molar-refractivity contribution in [1.82, 2.24) is 0 Å². The van der Waals surface area contributed by atoms with Gasteiger partial charge < -0.3 is 14.8 Å². The van der Waals surface area contributed by atoms with Gasteiger partial charge in [-0.05, 0) is 47.7 Å². The summed E-state index contributed by atoms with van der Waals surface area (Å²) in [6.07, 6.45) is 0.696. The van der Waals surface area contributed by atoms with Crippen LogP contribution in [-0.4, -0.2) is 24.3 Å². The highest BCUT2D eigenvalue weighted by atomic mass is 31.1. The highest BCUT2D eigenvalue weighted by molar-refractivity contribution is 7.25. The van der Waals surface area contributed by atoms with Crippen molar-refractivity contribution in [3.63, 3.8) is 0 Å². The monoisotopic (exact) mass is 505 g/mol. The van der Waals surface area contributed by atoms with Crippen LogP contribution in [-0.2, 0) is 31.9 Å². The van der Waals surface area contributed by atoms with Crippen molar-refractivity contribution in [1.29, 1.82) is 0 Å². The molecule has 3 rings (SSSR count). The summed E-state index contributed by atoms with van der Waals surface area (Å²) in [6.45, 7) is 4.15. The van der Waals surface area contributed by atoms with Crippen molar-refractivity contribution < 1.29 is 23.6 Å². The maximum atomic E-state index is 13.2. The Labute approximate surface area is 214 Å². The molecular formula is C29H32NO5P. The van der Waals surface area contributed by atoms with E-state index in [4.69, 9.17) is 9.47 Å². The van der Waals surface area contributed by atoms with Gasteiger partial charge in [0.25, 0.3) is 5.91 Å². The number of ether oxygens (including phenoxy) is 2. The SMILES string of the molecule is COC(Cc1ccc(NC(=O)c2ccccc2)cc1)(P=O)C(CC(C)C)C(=O)OCc1ccccc1. The Kier molecular flexibility index (Phi) is 9.92. The first-order valence-corrected chi connectivity index (χ1v) is 12.7. The van der Waals surface area contributed by atoms with Crippen LogP contribution in [0, 0.1) is 11.8 Å². The van der Waals surface area contributed by atoms with E-state index in [2.05, 4.69) is 5.32 Å². The molecule has 7 heteroatoms. The maximum absolute atomic E-state index is 13.2. The smallest absolute Gasteiger partial charge is 0.313 e. The van der Waals surface area contributed by atoms with Gasteiger partial charge in [-0.1, -0.05) is 74.5 Å². The fourth-order valence-corrected chi connectivity index (χ4v) is 4.69. The molecule has 2 atom stereocenters. The van der Waals surface area contributed by atoms with E-state index in [1.807, 2.05) is 74.5 Å². The number of rotatable bonds is 12. The molecule has 0 saturated heterocycles. The van der Waals surface area contributed by atoms with Gasteiger partial charge >= 0.3 is 5.97 Å². The predicted molar refractivity (Wildman–Crippen MR) is 141 cm³/mol. The van der Waals surface area contributed by atoms with E-state index in [1.54, 1.807) is 24.3 Å². The number of carbonyl (C=O) groups excluding carboxylic acids is 2. The van der Waals surface area contributed by atoms with Crippen LogP contribution in [0.3, 0.4) is 0 Å². The molecule has 6 nitrogen and oxygen atoms in total. The number of hydrogen-bond donors (Lipinski definition) is 1. The number of esters is 1. The third-order valence-corrected chi connectivity index (χ3v) is 6.93. The van der Waals surface area contributed by atoms with Crippen LogP contribution in [0.5, 0.6) is 0 Å². The van der Waals surface area contributed by atoms with Gasteiger partial charge in [0.15, 0.2) is 13.8 Å². The molecule has 1 amide bonds. The van der Waals surface area contributed by atoms with Crippen molar-refractivity contribution in [2.45, 2.75) is 38.6 Å². The van der Waals surface area contributed by atoms with E-state index in [1.165, 1.54) is 7.11 Å². The van der Waals surface area contributed by atoms with Crippen molar-refractivity contribution in [2.75, 3.05) is 12.4 Å². The van der Waals surface area contributed by atoms with E-state index in [9.17, 15) is 14.2 Å². The van der Waals surface area contributed by atoms with Crippen LogP contribution in [0.2, 0.25) is 0 Å². The number of carbonyl (C=O) groups is 2.